The van der Waals surface area contributed by atoms with Crippen LogP contribution in [0.3, 0.4) is 0 Å². The summed E-state index contributed by atoms with van der Waals surface area (Å²) in [6.07, 6.45) is -0.261. The van der Waals surface area contributed by atoms with E-state index in [1.165, 1.54) is 32.4 Å². The van der Waals surface area contributed by atoms with Crippen molar-refractivity contribution in [1.82, 2.24) is 10.9 Å². The van der Waals surface area contributed by atoms with E-state index in [4.69, 9.17) is 9.47 Å². The minimum Gasteiger partial charge on any atom is -0.497 e. The van der Waals surface area contributed by atoms with Crippen molar-refractivity contribution in [1.29, 1.82) is 0 Å². The van der Waals surface area contributed by atoms with Gasteiger partial charge >= 0.3 is 6.03 Å². The maximum absolute atomic E-state index is 11.9. The van der Waals surface area contributed by atoms with Gasteiger partial charge in [0.1, 0.15) is 11.5 Å². The summed E-state index contributed by atoms with van der Waals surface area (Å²) in [5.74, 6) is 0.312. The summed E-state index contributed by atoms with van der Waals surface area (Å²) in [6.45, 7) is 0. The minimum absolute atomic E-state index is 0.167. The predicted molar refractivity (Wildman–Crippen MR) is 96.6 cm³/mol. The van der Waals surface area contributed by atoms with Crippen molar-refractivity contribution >= 4 is 23.3 Å². The van der Waals surface area contributed by atoms with E-state index in [1.54, 1.807) is 24.3 Å². The summed E-state index contributed by atoms with van der Waals surface area (Å²) in [7, 11) is 2.94. The Hall–Kier alpha value is -3.82. The number of benzene rings is 2. The lowest BCUT2D eigenvalue weighted by Crippen LogP contribution is -2.44. The average Bonchev–Trinajstić information content (AvgIpc) is 2.67. The van der Waals surface area contributed by atoms with Gasteiger partial charge in [-0.15, -0.1) is 0 Å². The van der Waals surface area contributed by atoms with Crippen LogP contribution in [0.4, 0.5) is 16.2 Å². The van der Waals surface area contributed by atoms with Gasteiger partial charge in [-0.25, -0.2) is 10.2 Å². The predicted octanol–water partition coefficient (Wildman–Crippen LogP) is 2.01. The Morgan fingerprint density at radius 3 is 2.48 bits per heavy atom. The first kappa shape index (κ1) is 19.5. The van der Waals surface area contributed by atoms with Gasteiger partial charge in [0.15, 0.2) is 0 Å². The van der Waals surface area contributed by atoms with Crippen molar-refractivity contribution in [3.05, 3.63) is 58.1 Å². The van der Waals surface area contributed by atoms with Crippen LogP contribution in [0.25, 0.3) is 0 Å². The van der Waals surface area contributed by atoms with Gasteiger partial charge in [0.05, 0.1) is 31.3 Å². The van der Waals surface area contributed by atoms with Crippen LogP contribution >= 0.6 is 0 Å². The van der Waals surface area contributed by atoms with Crippen LogP contribution in [-0.2, 0) is 11.2 Å². The molecular weight excluding hydrogens is 356 g/mol. The molecule has 0 saturated heterocycles. The summed E-state index contributed by atoms with van der Waals surface area (Å²) in [6, 6.07) is 9.95. The Morgan fingerprint density at radius 2 is 1.81 bits per heavy atom. The Kier molecular flexibility index (Phi) is 6.53. The molecule has 0 aromatic heterocycles. The summed E-state index contributed by atoms with van der Waals surface area (Å²) in [4.78, 5) is 34.2. The zero-order chi connectivity index (χ0) is 19.8. The molecule has 0 unspecified atom stereocenters. The molecule has 0 heterocycles. The molecular formula is C17H18N4O6. The number of urea groups is 1. The Morgan fingerprint density at radius 1 is 1.07 bits per heavy atom. The van der Waals surface area contributed by atoms with Crippen LogP contribution < -0.4 is 25.6 Å². The highest BCUT2D eigenvalue weighted by molar-refractivity contribution is 5.92. The number of nitro groups is 1. The van der Waals surface area contributed by atoms with Crippen molar-refractivity contribution in [2.45, 2.75) is 6.42 Å². The maximum Gasteiger partial charge on any atom is 0.338 e. The number of hydrazine groups is 1. The number of nitrogens with one attached hydrogen (secondary N) is 3. The molecule has 0 aliphatic carbocycles. The monoisotopic (exact) mass is 374 g/mol. The van der Waals surface area contributed by atoms with E-state index < -0.39 is 16.9 Å². The molecule has 10 nitrogen and oxygen atoms in total. The molecule has 0 spiro atoms. The number of amides is 3. The molecule has 2 rings (SSSR count). The number of carbonyl (C=O) groups is 2. The molecule has 0 bridgehead atoms. The van der Waals surface area contributed by atoms with E-state index in [9.17, 15) is 19.7 Å². The highest BCUT2D eigenvalue weighted by Gasteiger charge is 2.16. The van der Waals surface area contributed by atoms with E-state index in [0.717, 1.165) is 0 Å². The van der Waals surface area contributed by atoms with Gasteiger partial charge in [-0.3, -0.25) is 20.3 Å². The fourth-order valence-electron chi connectivity index (χ4n) is 2.24. The number of para-hydroxylation sites is 1. The second-order valence-electron chi connectivity index (χ2n) is 5.26. The van der Waals surface area contributed by atoms with Gasteiger partial charge in [0, 0.05) is 17.7 Å². The summed E-state index contributed by atoms with van der Waals surface area (Å²) in [5, 5.41) is 13.5. The molecule has 10 heteroatoms. The molecule has 142 valence electrons. The number of methoxy groups -OCH3 is 2. The number of rotatable bonds is 6. The van der Waals surface area contributed by atoms with Gasteiger partial charge in [0.25, 0.3) is 5.69 Å². The standard InChI is InChI=1S/C17H18N4O6/c1-26-12-7-8-13(15(10-12)27-2)18-17(23)20-19-16(22)9-11-5-3-4-6-14(11)21(24)25/h3-8,10H,9H2,1-2H3,(H,19,22)(H2,18,20,23). The van der Waals surface area contributed by atoms with Crippen LogP contribution in [-0.4, -0.2) is 31.1 Å². The number of hydrogen-bond donors (Lipinski definition) is 3. The lowest BCUT2D eigenvalue weighted by atomic mass is 10.1. The highest BCUT2D eigenvalue weighted by Crippen LogP contribution is 2.28. The zero-order valence-electron chi connectivity index (χ0n) is 14.6. The Labute approximate surface area is 154 Å². The summed E-state index contributed by atoms with van der Waals surface area (Å²) in [5.41, 5.74) is 4.79. The molecule has 2 aromatic rings. The minimum atomic E-state index is -0.714. The lowest BCUT2D eigenvalue weighted by Gasteiger charge is -2.13. The molecule has 27 heavy (non-hydrogen) atoms. The average molecular weight is 374 g/mol. The van der Waals surface area contributed by atoms with E-state index in [1.807, 2.05) is 0 Å². The van der Waals surface area contributed by atoms with E-state index in [2.05, 4.69) is 16.2 Å². The molecule has 3 amide bonds. The first-order chi connectivity index (χ1) is 12.9. The molecule has 0 atom stereocenters. The van der Waals surface area contributed by atoms with Crippen molar-refractivity contribution < 1.29 is 24.0 Å². The van der Waals surface area contributed by atoms with Crippen LogP contribution in [0.5, 0.6) is 11.5 Å². The van der Waals surface area contributed by atoms with E-state index in [0.29, 0.717) is 17.2 Å². The van der Waals surface area contributed by atoms with Crippen LogP contribution in [0.1, 0.15) is 5.56 Å². The smallest absolute Gasteiger partial charge is 0.338 e. The summed E-state index contributed by atoms with van der Waals surface area (Å²) < 4.78 is 10.2. The van der Waals surface area contributed by atoms with Gasteiger partial charge in [-0.05, 0) is 12.1 Å². The molecule has 0 fully saturated rings. The zero-order valence-corrected chi connectivity index (χ0v) is 14.6. The van der Waals surface area contributed by atoms with Crippen molar-refractivity contribution in [2.75, 3.05) is 19.5 Å². The van der Waals surface area contributed by atoms with Crippen molar-refractivity contribution in [2.24, 2.45) is 0 Å². The normalized spacial score (nSPS) is 9.85. The fraction of sp³-hybridized carbons (Fsp3) is 0.176. The number of hydrogen-bond acceptors (Lipinski definition) is 6. The molecule has 0 aliphatic heterocycles. The van der Waals surface area contributed by atoms with Gasteiger partial charge in [-0.1, -0.05) is 18.2 Å². The first-order valence-corrected chi connectivity index (χ1v) is 7.74. The van der Waals surface area contributed by atoms with Gasteiger partial charge in [0.2, 0.25) is 5.91 Å². The van der Waals surface area contributed by atoms with Crippen LogP contribution in [0, 0.1) is 10.1 Å². The fourth-order valence-corrected chi connectivity index (χ4v) is 2.24. The first-order valence-electron chi connectivity index (χ1n) is 7.74. The van der Waals surface area contributed by atoms with Crippen LogP contribution in [0.2, 0.25) is 0 Å². The van der Waals surface area contributed by atoms with Gasteiger partial charge in [-0.2, -0.15) is 0 Å². The Balaban J connectivity index is 1.92. The maximum atomic E-state index is 11.9. The topological polar surface area (TPSA) is 132 Å². The third kappa shape index (κ3) is 5.33. The second kappa shape index (κ2) is 9.04. The molecule has 0 saturated carbocycles. The highest BCUT2D eigenvalue weighted by atomic mass is 16.6. The van der Waals surface area contributed by atoms with Crippen molar-refractivity contribution in [3.8, 4) is 11.5 Å². The number of anilines is 1. The molecule has 3 N–H and O–H groups in total. The lowest BCUT2D eigenvalue weighted by molar-refractivity contribution is -0.385. The molecule has 0 radical (unpaired) electrons. The molecule has 0 aliphatic rings. The third-order valence-electron chi connectivity index (χ3n) is 3.51. The van der Waals surface area contributed by atoms with Crippen LogP contribution in [0.15, 0.2) is 42.5 Å². The number of nitrogens with zero attached hydrogens (tertiary/aromatic N) is 1. The number of ether oxygens (including phenoxy) is 2. The summed E-state index contributed by atoms with van der Waals surface area (Å²) >= 11 is 0. The Bertz CT molecular complexity index is 855. The number of nitro benzene ring substituents is 1. The van der Waals surface area contributed by atoms with E-state index in [-0.39, 0.29) is 17.7 Å². The van der Waals surface area contributed by atoms with E-state index >= 15 is 0 Å². The SMILES string of the molecule is COc1ccc(NC(=O)NNC(=O)Cc2ccccc2[N+](=O)[O-])c(OC)c1. The third-order valence-corrected chi connectivity index (χ3v) is 3.51. The number of carbonyl (C=O) groups excluding carboxylic acids is 2. The van der Waals surface area contributed by atoms with Crippen molar-refractivity contribution in [3.63, 3.8) is 0 Å². The quantitative estimate of drug-likeness (QED) is 0.523. The molecule has 2 aromatic carbocycles. The largest absolute Gasteiger partial charge is 0.497 e. The van der Waals surface area contributed by atoms with Gasteiger partial charge < -0.3 is 14.8 Å². The second-order valence-corrected chi connectivity index (χ2v) is 5.26.